The smallest absolute Gasteiger partial charge is 0.303 e. The zero-order valence-corrected chi connectivity index (χ0v) is 47.8. The van der Waals surface area contributed by atoms with Gasteiger partial charge in [-0.1, -0.05) is 0 Å². The largest absolute Gasteiger partial charge is 0.463 e. The van der Waals surface area contributed by atoms with Crippen molar-refractivity contribution >= 4 is 77.6 Å². The Morgan fingerprint density at radius 2 is 0.440 bits per heavy atom. The lowest BCUT2D eigenvalue weighted by atomic mass is 9.94. The van der Waals surface area contributed by atoms with Crippen molar-refractivity contribution in [3.05, 3.63) is 0 Å². The predicted molar refractivity (Wildman–Crippen MR) is 258 cm³/mol. The second-order valence-electron chi connectivity index (χ2n) is 18.9. The highest BCUT2D eigenvalue weighted by molar-refractivity contribution is 5.71. The number of aliphatic hydroxyl groups is 1. The van der Waals surface area contributed by atoms with E-state index < -0.39 is 227 Å². The van der Waals surface area contributed by atoms with Crippen LogP contribution in [0, 0.1) is 0 Å². The summed E-state index contributed by atoms with van der Waals surface area (Å²) in [6, 6.07) is 0. The average Bonchev–Trinajstić information content (AvgIpc) is 3.55. The molecular formula is C50H68O34. The Kier molecular flexibility index (Phi) is 26.1. The van der Waals surface area contributed by atoms with Gasteiger partial charge in [0.2, 0.25) is 0 Å². The summed E-state index contributed by atoms with van der Waals surface area (Å²) in [4.78, 5) is 165. The molecule has 20 atom stereocenters. The minimum Gasteiger partial charge on any atom is -0.463 e. The molecule has 34 heteroatoms. The summed E-state index contributed by atoms with van der Waals surface area (Å²) in [5.41, 5.74) is 0. The van der Waals surface area contributed by atoms with Gasteiger partial charge in [0.25, 0.3) is 0 Å². The molecule has 4 aliphatic rings. The fourth-order valence-corrected chi connectivity index (χ4v) is 9.05. The first-order valence-electron chi connectivity index (χ1n) is 25.6. The number of ether oxygens (including phenoxy) is 20. The normalized spacial score (nSPS) is 32.7. The molecule has 4 fully saturated rings. The van der Waals surface area contributed by atoms with Crippen molar-refractivity contribution in [3.8, 4) is 0 Å². The third-order valence-electron chi connectivity index (χ3n) is 11.8. The maximum absolute atomic E-state index is 13.4. The lowest BCUT2D eigenvalue weighted by Gasteiger charge is -2.51. The molecule has 0 aromatic rings. The highest BCUT2D eigenvalue weighted by Crippen LogP contribution is 2.40. The Bertz CT molecular complexity index is 2410. The van der Waals surface area contributed by atoms with Crippen LogP contribution in [0.25, 0.3) is 0 Å². The van der Waals surface area contributed by atoms with E-state index in [1.807, 2.05) is 0 Å². The van der Waals surface area contributed by atoms with E-state index in [0.717, 1.165) is 90.0 Å². The van der Waals surface area contributed by atoms with Crippen molar-refractivity contribution in [1.82, 2.24) is 0 Å². The van der Waals surface area contributed by atoms with Crippen LogP contribution in [-0.4, -0.2) is 232 Å². The van der Waals surface area contributed by atoms with E-state index in [-0.39, 0.29) is 0 Å². The maximum Gasteiger partial charge on any atom is 0.303 e. The number of hydrogen-bond acceptors (Lipinski definition) is 34. The second kappa shape index (κ2) is 31.6. The van der Waals surface area contributed by atoms with Crippen molar-refractivity contribution < 1.29 is 162 Å². The number of carbonyl (C=O) groups is 13. The van der Waals surface area contributed by atoms with Crippen LogP contribution >= 0.6 is 0 Å². The highest BCUT2D eigenvalue weighted by atomic mass is 16.8. The zero-order valence-electron chi connectivity index (χ0n) is 47.8. The molecule has 0 bridgehead atoms. The summed E-state index contributed by atoms with van der Waals surface area (Å²) in [6.45, 7) is 8.92. The molecule has 0 spiro atoms. The molecule has 4 aliphatic heterocycles. The van der Waals surface area contributed by atoms with Crippen molar-refractivity contribution in [2.45, 2.75) is 213 Å². The summed E-state index contributed by atoms with van der Waals surface area (Å²) in [6.07, 6.45) is -39.9. The molecule has 0 saturated carbocycles. The Morgan fingerprint density at radius 1 is 0.250 bits per heavy atom. The SMILES string of the molecule is CC(=O)OC[C@H]1O[C@H](O[C@@H]2[C@H](OC(C)=O)[C@@H](O[C@@H]3[C@H](OC(C)=O)[C@@H](O[C@@H]4C(O)O[C@H](COC(C)=O)[C@@H](OC(C)=O)[C@@H]4OC(C)=O)O[C@H](COC(C)=O)[C@H]3OC(C)=O)O[C@H](COC(C)=O)[C@H]2OC(C)=O)[C@@H](OC(C)=O)[C@@H](OC(C)=O)[C@@H]1OC(C)=O. The average molecular weight is 1210 g/mol. The molecule has 4 saturated heterocycles. The van der Waals surface area contributed by atoms with Crippen LogP contribution in [0.5, 0.6) is 0 Å². The van der Waals surface area contributed by atoms with Gasteiger partial charge in [-0.25, -0.2) is 0 Å². The second-order valence-corrected chi connectivity index (χ2v) is 18.9. The summed E-state index contributed by atoms with van der Waals surface area (Å²) in [5.74, 6) is -13.5. The Morgan fingerprint density at radius 3 is 0.690 bits per heavy atom. The van der Waals surface area contributed by atoms with Crippen LogP contribution in [0.1, 0.15) is 90.0 Å². The molecule has 0 aliphatic carbocycles. The van der Waals surface area contributed by atoms with Crippen LogP contribution in [-0.2, 0) is 157 Å². The standard InChI is InChI=1S/C50H68O34/c1-18(51)65-14-31-35(69-22(5)55)39(73-26(9)59)43(47(64)78-31)84-50-46(77-30(13)63)42(38(72-25(8)58)34(81-50)17-68-21(4)54)83-49-45(76-29(12)62)41(37(71-24(7)57)33(80-49)16-67-20(3)53)82-48-44(75-28(11)61)40(74-27(10)60)36(70-23(6)56)32(79-48)15-66-19(2)52/h31-50,64H,14-17H2,1-13H3/t31-,32-,33-,34-,35-,36-,37-,38-,39+,40+,41+,42+,43+,44+,45+,46+,47?,48-,49-,50-/m1/s1. The zero-order chi connectivity index (χ0) is 63.0. The van der Waals surface area contributed by atoms with Crippen LogP contribution < -0.4 is 0 Å². The third-order valence-corrected chi connectivity index (χ3v) is 11.8. The molecule has 0 aromatic heterocycles. The molecule has 472 valence electrons. The maximum atomic E-state index is 13.4. The summed E-state index contributed by atoms with van der Waals surface area (Å²) >= 11 is 0. The van der Waals surface area contributed by atoms with Gasteiger partial charge in [-0.05, 0) is 0 Å². The van der Waals surface area contributed by atoms with Crippen LogP contribution in [0.2, 0.25) is 0 Å². The van der Waals surface area contributed by atoms with Gasteiger partial charge in [0, 0.05) is 90.0 Å². The molecule has 34 nitrogen and oxygen atoms in total. The van der Waals surface area contributed by atoms with Crippen LogP contribution in [0.15, 0.2) is 0 Å². The van der Waals surface area contributed by atoms with Crippen molar-refractivity contribution in [1.29, 1.82) is 0 Å². The number of aliphatic hydroxyl groups excluding tert-OH is 1. The van der Waals surface area contributed by atoms with E-state index in [0.29, 0.717) is 0 Å². The topological polar surface area (TPSA) is 427 Å². The lowest BCUT2D eigenvalue weighted by Crippen LogP contribution is -2.69. The van der Waals surface area contributed by atoms with E-state index in [4.69, 9.17) is 94.7 Å². The number of carbonyl (C=O) groups excluding carboxylic acids is 13. The fraction of sp³-hybridized carbons (Fsp3) is 0.740. The number of esters is 13. The Balaban J connectivity index is 2.04. The molecule has 0 radical (unpaired) electrons. The van der Waals surface area contributed by atoms with Crippen LogP contribution in [0.4, 0.5) is 0 Å². The van der Waals surface area contributed by atoms with E-state index in [1.165, 1.54) is 0 Å². The number of rotatable bonds is 23. The Hall–Kier alpha value is -7.21. The van der Waals surface area contributed by atoms with Gasteiger partial charge in [0.05, 0.1) is 0 Å². The van der Waals surface area contributed by atoms with Gasteiger partial charge in [-0.15, -0.1) is 0 Å². The van der Waals surface area contributed by atoms with E-state index >= 15 is 0 Å². The molecule has 4 rings (SSSR count). The first kappa shape index (κ1) is 69.3. The van der Waals surface area contributed by atoms with E-state index in [1.54, 1.807) is 0 Å². The van der Waals surface area contributed by atoms with Crippen LogP contribution in [0.3, 0.4) is 0 Å². The van der Waals surface area contributed by atoms with Gasteiger partial charge in [-0.3, -0.25) is 62.3 Å². The third kappa shape index (κ3) is 20.5. The van der Waals surface area contributed by atoms with Crippen molar-refractivity contribution in [2.75, 3.05) is 26.4 Å². The van der Waals surface area contributed by atoms with E-state index in [2.05, 4.69) is 0 Å². The van der Waals surface area contributed by atoms with Crippen molar-refractivity contribution in [3.63, 3.8) is 0 Å². The minimum atomic E-state index is -2.31. The molecule has 4 heterocycles. The molecule has 0 amide bonds. The van der Waals surface area contributed by atoms with Gasteiger partial charge in [0.1, 0.15) is 63.1 Å². The molecule has 1 unspecified atom stereocenters. The monoisotopic (exact) mass is 1210 g/mol. The number of hydrogen-bond donors (Lipinski definition) is 1. The minimum absolute atomic E-state index is 0.699. The predicted octanol–water partition coefficient (Wildman–Crippen LogP) is -2.33. The van der Waals surface area contributed by atoms with Crippen molar-refractivity contribution in [2.24, 2.45) is 0 Å². The highest BCUT2D eigenvalue weighted by Gasteiger charge is 2.62. The first-order chi connectivity index (χ1) is 39.3. The summed E-state index contributed by atoms with van der Waals surface area (Å²) in [7, 11) is 0. The van der Waals surface area contributed by atoms with Gasteiger partial charge in [0.15, 0.2) is 86.2 Å². The quantitative estimate of drug-likeness (QED) is 0.0828. The first-order valence-corrected chi connectivity index (χ1v) is 25.6. The molecule has 84 heavy (non-hydrogen) atoms. The van der Waals surface area contributed by atoms with Gasteiger partial charge < -0.3 is 99.8 Å². The Labute approximate surface area is 478 Å². The fourth-order valence-electron chi connectivity index (χ4n) is 9.05. The summed E-state index contributed by atoms with van der Waals surface area (Å²) < 4.78 is 115. The van der Waals surface area contributed by atoms with Gasteiger partial charge >= 0.3 is 77.6 Å². The molecule has 1 N–H and O–H groups in total. The molecule has 0 aromatic carbocycles. The van der Waals surface area contributed by atoms with E-state index in [9.17, 15) is 67.4 Å². The summed E-state index contributed by atoms with van der Waals surface area (Å²) in [5, 5.41) is 11.6. The lowest BCUT2D eigenvalue weighted by molar-refractivity contribution is -0.392. The van der Waals surface area contributed by atoms with Gasteiger partial charge in [-0.2, -0.15) is 0 Å². The molecular weight excluding hydrogens is 1140 g/mol.